The lowest BCUT2D eigenvalue weighted by Crippen LogP contribution is -2.14. The maximum absolute atomic E-state index is 11.9. The Kier molecular flexibility index (Phi) is 5.66. The van der Waals surface area contributed by atoms with Gasteiger partial charge in [-0.25, -0.2) is 0 Å². The summed E-state index contributed by atoms with van der Waals surface area (Å²) in [6.45, 7) is 0.517. The first-order valence-corrected chi connectivity index (χ1v) is 8.97. The molecule has 0 aliphatic rings. The number of anilines is 1. The molecule has 3 aromatic rings. The van der Waals surface area contributed by atoms with Crippen LogP contribution in [-0.2, 0) is 11.3 Å². The molecule has 0 unspecified atom stereocenters. The molecule has 0 saturated heterocycles. The summed E-state index contributed by atoms with van der Waals surface area (Å²) in [6, 6.07) is 16.0. The van der Waals surface area contributed by atoms with E-state index in [9.17, 15) is 4.79 Å². The topological polar surface area (TPSA) is 59.8 Å². The number of halogens is 1. The van der Waals surface area contributed by atoms with Crippen molar-refractivity contribution in [1.29, 1.82) is 0 Å². The van der Waals surface area contributed by atoms with E-state index in [1.54, 1.807) is 28.8 Å². The zero-order valence-electron chi connectivity index (χ0n) is 12.7. The first-order valence-electron chi connectivity index (χ1n) is 7.36. The molecule has 0 radical (unpaired) electrons. The first-order chi connectivity index (χ1) is 11.7. The van der Waals surface area contributed by atoms with Crippen LogP contribution in [0.4, 0.5) is 5.69 Å². The zero-order valence-corrected chi connectivity index (χ0v) is 15.1. The van der Waals surface area contributed by atoms with Crippen LogP contribution in [0.1, 0.15) is 6.42 Å². The molecule has 0 saturated carbocycles. The molecule has 1 N–H and O–H groups in total. The van der Waals surface area contributed by atoms with E-state index >= 15 is 0 Å². The van der Waals surface area contributed by atoms with E-state index in [1.165, 1.54) is 4.90 Å². The molecule has 3 rings (SSSR count). The summed E-state index contributed by atoms with van der Waals surface area (Å²) in [5, 5.41) is 10.4. The van der Waals surface area contributed by atoms with Crippen LogP contribution >= 0.6 is 27.7 Å². The van der Waals surface area contributed by atoms with E-state index in [1.807, 2.05) is 36.4 Å². The second kappa shape index (κ2) is 8.12. The van der Waals surface area contributed by atoms with E-state index < -0.39 is 0 Å². The normalized spacial score (nSPS) is 10.5. The summed E-state index contributed by atoms with van der Waals surface area (Å²) in [5.74, 6) is -0.0428. The monoisotopic (exact) mass is 402 g/mol. The van der Waals surface area contributed by atoms with Crippen LogP contribution < -0.4 is 5.32 Å². The third-order valence-corrected chi connectivity index (χ3v) is 4.77. The van der Waals surface area contributed by atoms with Crippen molar-refractivity contribution in [2.45, 2.75) is 22.8 Å². The van der Waals surface area contributed by atoms with E-state index in [-0.39, 0.29) is 5.91 Å². The number of hydrogen-bond donors (Lipinski definition) is 1. The van der Waals surface area contributed by atoms with Gasteiger partial charge in [0.1, 0.15) is 0 Å². The average molecular weight is 403 g/mol. The molecule has 0 atom stereocenters. The Morgan fingerprint density at radius 1 is 1.08 bits per heavy atom. The highest BCUT2D eigenvalue weighted by atomic mass is 79.9. The predicted octanol–water partition coefficient (Wildman–Crippen LogP) is 4.22. The first kappa shape index (κ1) is 16.7. The van der Waals surface area contributed by atoms with Crippen LogP contribution in [0.25, 0.3) is 0 Å². The van der Waals surface area contributed by atoms with Crippen molar-refractivity contribution in [2.75, 3.05) is 5.32 Å². The van der Waals surface area contributed by atoms with Crippen LogP contribution in [-0.4, -0.2) is 20.9 Å². The number of aromatic nitrogens is 3. The molecule has 0 aliphatic carbocycles. The van der Waals surface area contributed by atoms with Gasteiger partial charge in [-0.2, -0.15) is 0 Å². The minimum Gasteiger partial charge on any atom is -0.326 e. The maximum Gasteiger partial charge on any atom is 0.226 e. The molecule has 2 aromatic carbocycles. The van der Waals surface area contributed by atoms with Crippen LogP contribution in [0.5, 0.6) is 0 Å². The van der Waals surface area contributed by atoms with Crippen LogP contribution in [0.2, 0.25) is 0 Å². The zero-order chi connectivity index (χ0) is 16.8. The van der Waals surface area contributed by atoms with Crippen molar-refractivity contribution in [3.63, 3.8) is 0 Å². The smallest absolute Gasteiger partial charge is 0.226 e. The van der Waals surface area contributed by atoms with Gasteiger partial charge in [-0.05, 0) is 48.5 Å². The Balaban J connectivity index is 1.52. The lowest BCUT2D eigenvalue weighted by atomic mass is 10.3. The van der Waals surface area contributed by atoms with Gasteiger partial charge in [0, 0.05) is 32.6 Å². The quantitative estimate of drug-likeness (QED) is 0.670. The van der Waals surface area contributed by atoms with Crippen LogP contribution in [0.15, 0.2) is 75.2 Å². The molecule has 0 aliphatic heterocycles. The Morgan fingerprint density at radius 2 is 1.75 bits per heavy atom. The van der Waals surface area contributed by atoms with Crippen LogP contribution in [0, 0.1) is 0 Å². The molecule has 0 fully saturated rings. The van der Waals surface area contributed by atoms with Gasteiger partial charge < -0.3 is 5.32 Å². The molecule has 0 spiro atoms. The second-order valence-electron chi connectivity index (χ2n) is 5.04. The minimum atomic E-state index is -0.0428. The SMILES string of the molecule is O=C(CCn1ccnn1)Nc1ccc(Sc2ccc(Br)cc2)cc1. The molecule has 7 heteroatoms. The van der Waals surface area contributed by atoms with Gasteiger partial charge in [0.15, 0.2) is 0 Å². The lowest BCUT2D eigenvalue weighted by Gasteiger charge is -2.07. The molecule has 1 heterocycles. The summed E-state index contributed by atoms with van der Waals surface area (Å²) in [5.41, 5.74) is 0.791. The van der Waals surface area contributed by atoms with Crippen molar-refractivity contribution >= 4 is 39.3 Å². The number of rotatable bonds is 6. The van der Waals surface area contributed by atoms with E-state index in [0.29, 0.717) is 13.0 Å². The highest BCUT2D eigenvalue weighted by Gasteiger charge is 2.04. The maximum atomic E-state index is 11.9. The molecule has 24 heavy (non-hydrogen) atoms. The largest absolute Gasteiger partial charge is 0.326 e. The van der Waals surface area contributed by atoms with Crippen molar-refractivity contribution in [3.05, 3.63) is 65.4 Å². The number of benzene rings is 2. The third-order valence-electron chi connectivity index (χ3n) is 3.23. The Labute approximate surface area is 152 Å². The van der Waals surface area contributed by atoms with Gasteiger partial charge in [0.2, 0.25) is 5.91 Å². The van der Waals surface area contributed by atoms with Gasteiger partial charge in [-0.3, -0.25) is 9.48 Å². The van der Waals surface area contributed by atoms with Gasteiger partial charge in [0.05, 0.1) is 12.7 Å². The van der Waals surface area contributed by atoms with E-state index in [4.69, 9.17) is 0 Å². The highest BCUT2D eigenvalue weighted by Crippen LogP contribution is 2.29. The fraction of sp³-hybridized carbons (Fsp3) is 0.118. The molecule has 122 valence electrons. The van der Waals surface area contributed by atoms with Crippen molar-refractivity contribution < 1.29 is 4.79 Å². The predicted molar refractivity (Wildman–Crippen MR) is 98.0 cm³/mol. The third kappa shape index (κ3) is 4.94. The lowest BCUT2D eigenvalue weighted by molar-refractivity contribution is -0.116. The Bertz CT molecular complexity index is 788. The number of nitrogens with one attached hydrogen (secondary N) is 1. The second-order valence-corrected chi connectivity index (χ2v) is 7.11. The number of amides is 1. The molecule has 0 bridgehead atoms. The summed E-state index contributed by atoms with van der Waals surface area (Å²) >= 11 is 5.11. The molecule has 1 aromatic heterocycles. The van der Waals surface area contributed by atoms with Crippen molar-refractivity contribution in [3.8, 4) is 0 Å². The van der Waals surface area contributed by atoms with E-state index in [0.717, 1.165) is 15.1 Å². The standard InChI is InChI=1S/C17H15BrN4OS/c18-13-1-5-15(6-2-13)24-16-7-3-14(4-8-16)20-17(23)9-11-22-12-10-19-21-22/h1-8,10,12H,9,11H2,(H,20,23). The fourth-order valence-electron chi connectivity index (χ4n) is 2.04. The van der Waals surface area contributed by atoms with Crippen molar-refractivity contribution in [2.24, 2.45) is 0 Å². The van der Waals surface area contributed by atoms with Gasteiger partial charge >= 0.3 is 0 Å². The number of carbonyl (C=O) groups is 1. The number of carbonyl (C=O) groups excluding carboxylic acids is 1. The van der Waals surface area contributed by atoms with Gasteiger partial charge in [-0.15, -0.1) is 5.10 Å². The summed E-state index contributed by atoms with van der Waals surface area (Å²) in [4.78, 5) is 14.2. The summed E-state index contributed by atoms with van der Waals surface area (Å²) in [6.07, 6.45) is 3.69. The number of nitrogens with zero attached hydrogens (tertiary/aromatic N) is 3. The molecular weight excluding hydrogens is 388 g/mol. The number of aryl methyl sites for hydroxylation is 1. The summed E-state index contributed by atoms with van der Waals surface area (Å²) < 4.78 is 2.70. The fourth-order valence-corrected chi connectivity index (χ4v) is 3.12. The summed E-state index contributed by atoms with van der Waals surface area (Å²) in [7, 11) is 0. The Morgan fingerprint density at radius 3 is 2.38 bits per heavy atom. The average Bonchev–Trinajstić information content (AvgIpc) is 3.10. The van der Waals surface area contributed by atoms with Crippen LogP contribution in [0.3, 0.4) is 0 Å². The van der Waals surface area contributed by atoms with E-state index in [2.05, 4.69) is 43.7 Å². The Hall–Kier alpha value is -2.12. The molecule has 5 nitrogen and oxygen atoms in total. The molecular formula is C17H15BrN4OS. The van der Waals surface area contributed by atoms with Gasteiger partial charge in [0.25, 0.3) is 0 Å². The van der Waals surface area contributed by atoms with Gasteiger partial charge in [-0.1, -0.05) is 32.9 Å². The minimum absolute atomic E-state index is 0.0428. The molecule has 1 amide bonds. The number of hydrogen-bond acceptors (Lipinski definition) is 4. The highest BCUT2D eigenvalue weighted by molar-refractivity contribution is 9.10. The van der Waals surface area contributed by atoms with Crippen molar-refractivity contribution in [1.82, 2.24) is 15.0 Å².